The van der Waals surface area contributed by atoms with Crippen molar-refractivity contribution in [2.45, 2.75) is 0 Å². The molecule has 0 bridgehead atoms. The van der Waals surface area contributed by atoms with Gasteiger partial charge in [-0.15, -0.1) is 0 Å². The molecule has 0 saturated carbocycles. The van der Waals surface area contributed by atoms with Crippen LogP contribution in [0, 0.1) is 0 Å². The summed E-state index contributed by atoms with van der Waals surface area (Å²) in [6, 6.07) is 3.53. The topological polar surface area (TPSA) is 81.7 Å². The molecule has 2 heterocycles. The maximum absolute atomic E-state index is 11.4. The van der Waals surface area contributed by atoms with E-state index < -0.39 is 5.91 Å². The van der Waals surface area contributed by atoms with Gasteiger partial charge in [0.25, 0.3) is 5.91 Å². The fourth-order valence-electron chi connectivity index (χ4n) is 1.42. The number of methoxy groups -OCH3 is 1. The van der Waals surface area contributed by atoms with E-state index in [0.29, 0.717) is 16.8 Å². The number of ether oxygens (including phenoxy) is 1. The molecule has 0 unspecified atom stereocenters. The normalized spacial score (nSPS) is 10.3. The van der Waals surface area contributed by atoms with Gasteiger partial charge in [-0.3, -0.25) is 10.2 Å². The van der Waals surface area contributed by atoms with Crippen LogP contribution in [-0.2, 0) is 0 Å². The number of carbonyl (C=O) groups excluding carboxylic acids is 1. The van der Waals surface area contributed by atoms with Crippen molar-refractivity contribution in [1.82, 2.24) is 15.0 Å². The fourth-order valence-corrected chi connectivity index (χ4v) is 1.42. The predicted molar refractivity (Wildman–Crippen MR) is 53.4 cm³/mol. The highest BCUT2D eigenvalue weighted by Crippen LogP contribution is 2.22. The van der Waals surface area contributed by atoms with Gasteiger partial charge in [0.2, 0.25) is 0 Å². The maximum Gasteiger partial charge on any atom is 0.269 e. The first-order chi connectivity index (χ1) is 7.27. The molecule has 15 heavy (non-hydrogen) atoms. The van der Waals surface area contributed by atoms with Crippen molar-refractivity contribution in [2.24, 2.45) is 5.84 Å². The van der Waals surface area contributed by atoms with Gasteiger partial charge in [0.15, 0.2) is 0 Å². The van der Waals surface area contributed by atoms with E-state index in [0.717, 1.165) is 0 Å². The summed E-state index contributed by atoms with van der Waals surface area (Å²) in [6.07, 6.45) is 3.17. The number of nitrogens with zero attached hydrogens (tertiary/aromatic N) is 2. The molecule has 0 aliphatic carbocycles. The lowest BCUT2D eigenvalue weighted by molar-refractivity contribution is 0.0955. The van der Waals surface area contributed by atoms with E-state index in [-0.39, 0.29) is 0 Å². The van der Waals surface area contributed by atoms with Crippen molar-refractivity contribution in [3.8, 4) is 5.75 Å². The minimum absolute atomic E-state index is 0.384. The van der Waals surface area contributed by atoms with Crippen LogP contribution in [0.2, 0.25) is 0 Å². The summed E-state index contributed by atoms with van der Waals surface area (Å²) in [7, 11) is 1.53. The Morgan fingerprint density at radius 1 is 1.67 bits per heavy atom. The van der Waals surface area contributed by atoms with Crippen molar-refractivity contribution in [3.63, 3.8) is 0 Å². The number of hydrogen-bond donors (Lipinski definition) is 2. The molecule has 0 radical (unpaired) electrons. The maximum atomic E-state index is 11.4. The molecule has 0 saturated heterocycles. The van der Waals surface area contributed by atoms with E-state index in [2.05, 4.69) is 10.5 Å². The second-order valence-electron chi connectivity index (χ2n) is 2.90. The summed E-state index contributed by atoms with van der Waals surface area (Å²) in [5, 5.41) is 4.02. The lowest BCUT2D eigenvalue weighted by Crippen LogP contribution is -2.29. The number of fused-ring (bicyclic) bond motifs is 1. The van der Waals surface area contributed by atoms with Gasteiger partial charge in [-0.1, -0.05) is 0 Å². The molecule has 3 N–H and O–H groups in total. The van der Waals surface area contributed by atoms with E-state index in [1.807, 2.05) is 0 Å². The lowest BCUT2D eigenvalue weighted by Gasteiger charge is -2.03. The molecule has 2 aromatic rings. The minimum Gasteiger partial charge on any atom is -0.494 e. The number of rotatable bonds is 2. The summed E-state index contributed by atoms with van der Waals surface area (Å²) >= 11 is 0. The first-order valence-corrected chi connectivity index (χ1v) is 4.29. The molecular weight excluding hydrogens is 196 g/mol. The van der Waals surface area contributed by atoms with Gasteiger partial charge < -0.3 is 4.74 Å². The van der Waals surface area contributed by atoms with Crippen LogP contribution in [-0.4, -0.2) is 22.6 Å². The Bertz CT molecular complexity index is 506. The number of hydrogen-bond acceptors (Lipinski definition) is 4. The van der Waals surface area contributed by atoms with Crippen molar-refractivity contribution in [3.05, 3.63) is 30.1 Å². The molecule has 2 rings (SSSR count). The summed E-state index contributed by atoms with van der Waals surface area (Å²) in [5.41, 5.74) is 3.05. The average molecular weight is 206 g/mol. The molecule has 0 aliphatic heterocycles. The van der Waals surface area contributed by atoms with E-state index in [1.54, 1.807) is 22.8 Å². The van der Waals surface area contributed by atoms with Crippen LogP contribution in [0.3, 0.4) is 0 Å². The van der Waals surface area contributed by atoms with Crippen LogP contribution < -0.4 is 16.0 Å². The Hall–Kier alpha value is -2.08. The number of nitrogens with two attached hydrogens (primary N) is 1. The van der Waals surface area contributed by atoms with E-state index in [4.69, 9.17) is 10.6 Å². The molecule has 78 valence electrons. The quantitative estimate of drug-likeness (QED) is 0.410. The summed E-state index contributed by atoms with van der Waals surface area (Å²) in [4.78, 5) is 11.4. The van der Waals surface area contributed by atoms with Crippen LogP contribution in [0.4, 0.5) is 0 Å². The smallest absolute Gasteiger partial charge is 0.269 e. The van der Waals surface area contributed by atoms with Gasteiger partial charge in [0.05, 0.1) is 18.9 Å². The first kappa shape index (κ1) is 9.47. The van der Waals surface area contributed by atoms with Gasteiger partial charge in [-0.25, -0.2) is 10.4 Å². The number of nitrogens with one attached hydrogen (secondary N) is 1. The largest absolute Gasteiger partial charge is 0.494 e. The van der Waals surface area contributed by atoms with Crippen LogP contribution in [0.5, 0.6) is 5.75 Å². The zero-order valence-corrected chi connectivity index (χ0v) is 8.10. The van der Waals surface area contributed by atoms with Crippen molar-refractivity contribution >= 4 is 11.4 Å². The van der Waals surface area contributed by atoms with Gasteiger partial charge >= 0.3 is 0 Å². The third-order valence-electron chi connectivity index (χ3n) is 2.10. The van der Waals surface area contributed by atoms with Gasteiger partial charge in [-0.05, 0) is 12.1 Å². The molecule has 6 nitrogen and oxygen atoms in total. The van der Waals surface area contributed by atoms with Crippen LogP contribution in [0.15, 0.2) is 24.5 Å². The van der Waals surface area contributed by atoms with Crippen molar-refractivity contribution < 1.29 is 9.53 Å². The first-order valence-electron chi connectivity index (χ1n) is 4.29. The monoisotopic (exact) mass is 206 g/mol. The SMILES string of the molecule is COc1cccn2ncc(C(=O)NN)c12. The van der Waals surface area contributed by atoms with Crippen molar-refractivity contribution in [1.29, 1.82) is 0 Å². The van der Waals surface area contributed by atoms with Gasteiger partial charge in [0, 0.05) is 6.20 Å². The van der Waals surface area contributed by atoms with Crippen LogP contribution in [0.25, 0.3) is 5.52 Å². The second kappa shape index (κ2) is 3.58. The molecule has 6 heteroatoms. The number of hydrazine groups is 1. The van der Waals surface area contributed by atoms with E-state index >= 15 is 0 Å². The molecule has 0 aromatic carbocycles. The third-order valence-corrected chi connectivity index (χ3v) is 2.10. The standard InChI is InChI=1S/C9H10N4O2/c1-15-7-3-2-4-13-8(7)6(5-11-13)9(14)12-10/h2-5H,10H2,1H3,(H,12,14). The fraction of sp³-hybridized carbons (Fsp3) is 0.111. The van der Waals surface area contributed by atoms with E-state index in [1.165, 1.54) is 13.3 Å². The Morgan fingerprint density at radius 3 is 3.13 bits per heavy atom. The second-order valence-corrected chi connectivity index (χ2v) is 2.90. The van der Waals surface area contributed by atoms with Crippen molar-refractivity contribution in [2.75, 3.05) is 7.11 Å². The third kappa shape index (κ3) is 1.40. The molecule has 0 aliphatic rings. The highest BCUT2D eigenvalue weighted by atomic mass is 16.5. The molecule has 0 spiro atoms. The predicted octanol–water partition coefficient (Wildman–Crippen LogP) is -0.0536. The molecule has 1 amide bonds. The Balaban J connectivity index is 2.71. The zero-order chi connectivity index (χ0) is 10.8. The minimum atomic E-state index is -0.394. The molecule has 2 aromatic heterocycles. The number of pyridine rings is 1. The average Bonchev–Trinajstić information content (AvgIpc) is 2.71. The highest BCUT2D eigenvalue weighted by molar-refractivity contribution is 6.01. The molecule has 0 atom stereocenters. The van der Waals surface area contributed by atoms with Crippen LogP contribution >= 0.6 is 0 Å². The molecular formula is C9H10N4O2. The Labute approximate surface area is 85.6 Å². The zero-order valence-electron chi connectivity index (χ0n) is 8.10. The van der Waals surface area contributed by atoms with E-state index in [9.17, 15) is 4.79 Å². The number of carbonyl (C=O) groups is 1. The highest BCUT2D eigenvalue weighted by Gasteiger charge is 2.14. The number of aromatic nitrogens is 2. The summed E-state index contributed by atoms with van der Waals surface area (Å²) in [5.74, 6) is 5.25. The Morgan fingerprint density at radius 2 is 2.47 bits per heavy atom. The summed E-state index contributed by atoms with van der Waals surface area (Å²) in [6.45, 7) is 0. The summed E-state index contributed by atoms with van der Waals surface area (Å²) < 4.78 is 6.70. The van der Waals surface area contributed by atoms with Gasteiger partial charge in [0.1, 0.15) is 11.3 Å². The molecule has 0 fully saturated rings. The number of amides is 1. The Kier molecular flexibility index (Phi) is 2.26. The van der Waals surface area contributed by atoms with Gasteiger partial charge in [-0.2, -0.15) is 5.10 Å². The van der Waals surface area contributed by atoms with Crippen LogP contribution in [0.1, 0.15) is 10.4 Å². The lowest BCUT2D eigenvalue weighted by atomic mass is 10.2. The number of nitrogen functional groups attached to an aromatic ring is 1.